The summed E-state index contributed by atoms with van der Waals surface area (Å²) in [4.78, 5) is 45.7. The van der Waals surface area contributed by atoms with E-state index in [-0.39, 0.29) is 42.3 Å². The number of halogens is 1. The number of H-pyrrole nitrogens is 2. The van der Waals surface area contributed by atoms with Crippen molar-refractivity contribution in [3.8, 4) is 5.75 Å². The highest BCUT2D eigenvalue weighted by Gasteiger charge is 2.17. The van der Waals surface area contributed by atoms with E-state index in [9.17, 15) is 18.8 Å². The van der Waals surface area contributed by atoms with Gasteiger partial charge in [0.15, 0.2) is 17.2 Å². The predicted octanol–water partition coefficient (Wildman–Crippen LogP) is 1.96. The molecule has 9 nitrogen and oxygen atoms in total. The van der Waals surface area contributed by atoms with Crippen LogP contribution >= 0.6 is 0 Å². The number of carbonyl (C=O) groups excluding carboxylic acids is 1. The number of hydrogen-bond acceptors (Lipinski definition) is 5. The molecule has 0 aliphatic heterocycles. The van der Waals surface area contributed by atoms with Crippen LogP contribution in [0, 0.1) is 5.82 Å². The molecule has 1 amide bonds. The Kier molecular flexibility index (Phi) is 6.34. The van der Waals surface area contributed by atoms with Crippen molar-refractivity contribution in [2.24, 2.45) is 7.05 Å². The standard InChI is InChI=1S/C23H22FN5O4/c1-29-21-20(22(31)28-23(29)32)26-18(27-21)11-12-19(30)25-16(14-7-3-2-4-8-14)13-33-17-10-6-5-9-15(17)24/h2-10,16H,11-13H2,1H3,(H,25,30)(H,26,27)(H,28,31,32). The van der Waals surface area contributed by atoms with Crippen LogP contribution in [-0.4, -0.2) is 32.0 Å². The van der Waals surface area contributed by atoms with E-state index in [2.05, 4.69) is 20.3 Å². The van der Waals surface area contributed by atoms with Crippen molar-refractivity contribution in [3.63, 3.8) is 0 Å². The van der Waals surface area contributed by atoms with E-state index in [1.54, 1.807) is 12.1 Å². The monoisotopic (exact) mass is 451 g/mol. The number of ether oxygens (including phenoxy) is 1. The average Bonchev–Trinajstić information content (AvgIpc) is 3.26. The highest BCUT2D eigenvalue weighted by atomic mass is 19.1. The lowest BCUT2D eigenvalue weighted by atomic mass is 10.1. The summed E-state index contributed by atoms with van der Waals surface area (Å²) in [6.45, 7) is 0.0405. The molecule has 4 aromatic rings. The molecule has 3 N–H and O–H groups in total. The van der Waals surface area contributed by atoms with Crippen molar-refractivity contribution in [3.05, 3.63) is 92.6 Å². The summed E-state index contributed by atoms with van der Waals surface area (Å²) in [5.74, 6) is -0.245. The van der Waals surface area contributed by atoms with Crippen molar-refractivity contribution in [2.75, 3.05) is 6.61 Å². The Morgan fingerprint density at radius 1 is 1.12 bits per heavy atom. The molecule has 4 rings (SSSR count). The SMILES string of the molecule is Cn1c(=O)[nH]c(=O)c2[nH]c(CCC(=O)NC(COc3ccccc3F)c3ccccc3)nc21. The number of rotatable bonds is 8. The predicted molar refractivity (Wildman–Crippen MR) is 119 cm³/mol. The van der Waals surface area contributed by atoms with Gasteiger partial charge in [0.05, 0.1) is 6.04 Å². The van der Waals surface area contributed by atoms with Gasteiger partial charge in [0, 0.05) is 19.9 Å². The molecule has 0 aliphatic rings. The van der Waals surface area contributed by atoms with Gasteiger partial charge < -0.3 is 15.0 Å². The van der Waals surface area contributed by atoms with Crippen LogP contribution in [0.25, 0.3) is 11.2 Å². The molecule has 0 saturated heterocycles. The quantitative estimate of drug-likeness (QED) is 0.378. The number of amides is 1. The Morgan fingerprint density at radius 2 is 1.85 bits per heavy atom. The van der Waals surface area contributed by atoms with Gasteiger partial charge in [0.2, 0.25) is 5.91 Å². The summed E-state index contributed by atoms with van der Waals surface area (Å²) >= 11 is 0. The van der Waals surface area contributed by atoms with E-state index in [0.29, 0.717) is 5.82 Å². The van der Waals surface area contributed by atoms with Crippen molar-refractivity contribution in [1.29, 1.82) is 0 Å². The van der Waals surface area contributed by atoms with Crippen LogP contribution in [0.15, 0.2) is 64.2 Å². The van der Waals surface area contributed by atoms with Crippen LogP contribution < -0.4 is 21.3 Å². The zero-order chi connectivity index (χ0) is 23.4. The van der Waals surface area contributed by atoms with Gasteiger partial charge in [0.25, 0.3) is 5.56 Å². The lowest BCUT2D eigenvalue weighted by molar-refractivity contribution is -0.122. The molecule has 10 heteroatoms. The summed E-state index contributed by atoms with van der Waals surface area (Å²) in [5, 5.41) is 2.91. The Bertz CT molecular complexity index is 1390. The van der Waals surface area contributed by atoms with E-state index >= 15 is 0 Å². The van der Waals surface area contributed by atoms with E-state index < -0.39 is 23.1 Å². The molecule has 0 spiro atoms. The number of benzene rings is 2. The zero-order valence-corrected chi connectivity index (χ0v) is 17.8. The third-order valence-electron chi connectivity index (χ3n) is 5.17. The van der Waals surface area contributed by atoms with Gasteiger partial charge in [-0.3, -0.25) is 19.1 Å². The molecule has 0 bridgehead atoms. The molecule has 0 radical (unpaired) electrons. The fraction of sp³-hybridized carbons (Fsp3) is 0.217. The molecule has 170 valence electrons. The van der Waals surface area contributed by atoms with Crippen LogP contribution in [0.1, 0.15) is 23.9 Å². The summed E-state index contributed by atoms with van der Waals surface area (Å²) in [7, 11) is 1.50. The number of carbonyl (C=O) groups is 1. The van der Waals surface area contributed by atoms with Gasteiger partial charge in [-0.25, -0.2) is 14.2 Å². The lowest BCUT2D eigenvalue weighted by Gasteiger charge is -2.20. The molecule has 1 atom stereocenters. The summed E-state index contributed by atoms with van der Waals surface area (Å²) < 4.78 is 20.8. The maximum absolute atomic E-state index is 13.9. The fourth-order valence-electron chi connectivity index (χ4n) is 3.41. The third-order valence-corrected chi connectivity index (χ3v) is 5.17. The normalized spacial score (nSPS) is 11.9. The van der Waals surface area contributed by atoms with Gasteiger partial charge in [-0.1, -0.05) is 42.5 Å². The first-order valence-corrected chi connectivity index (χ1v) is 10.3. The van der Waals surface area contributed by atoms with Crippen molar-refractivity contribution < 1.29 is 13.9 Å². The minimum atomic E-state index is -0.566. The van der Waals surface area contributed by atoms with Crippen LogP contribution in [0.3, 0.4) is 0 Å². The summed E-state index contributed by atoms with van der Waals surface area (Å²) in [6.07, 6.45) is 0.304. The lowest BCUT2D eigenvalue weighted by Crippen LogP contribution is -2.32. The number of aromatic nitrogens is 4. The zero-order valence-electron chi connectivity index (χ0n) is 17.8. The van der Waals surface area contributed by atoms with E-state index in [0.717, 1.165) is 5.56 Å². The number of para-hydroxylation sites is 1. The smallest absolute Gasteiger partial charge is 0.329 e. The van der Waals surface area contributed by atoms with Crippen molar-refractivity contribution in [2.45, 2.75) is 18.9 Å². The van der Waals surface area contributed by atoms with Gasteiger partial charge in [-0.05, 0) is 17.7 Å². The maximum Gasteiger partial charge on any atom is 0.329 e. The molecule has 2 aromatic heterocycles. The van der Waals surface area contributed by atoms with Gasteiger partial charge in [-0.2, -0.15) is 0 Å². The first kappa shape index (κ1) is 22.0. The molecule has 2 aromatic carbocycles. The second kappa shape index (κ2) is 9.51. The number of nitrogens with one attached hydrogen (secondary N) is 3. The van der Waals surface area contributed by atoms with Gasteiger partial charge in [0.1, 0.15) is 17.9 Å². The second-order valence-electron chi connectivity index (χ2n) is 7.47. The Balaban J connectivity index is 1.45. The number of imidazole rings is 1. The maximum atomic E-state index is 13.9. The fourth-order valence-corrected chi connectivity index (χ4v) is 3.41. The minimum absolute atomic E-state index is 0.0405. The average molecular weight is 451 g/mol. The number of fused-ring (bicyclic) bond motifs is 1. The first-order chi connectivity index (χ1) is 15.9. The Labute approximate surface area is 187 Å². The molecular weight excluding hydrogens is 429 g/mol. The van der Waals surface area contributed by atoms with Crippen LogP contribution in [-0.2, 0) is 18.3 Å². The molecule has 2 heterocycles. The van der Waals surface area contributed by atoms with E-state index in [4.69, 9.17) is 4.74 Å². The second-order valence-corrected chi connectivity index (χ2v) is 7.47. The third kappa shape index (κ3) is 5.00. The number of nitrogens with zero attached hydrogens (tertiary/aromatic N) is 2. The van der Waals surface area contributed by atoms with Crippen LogP contribution in [0.5, 0.6) is 5.75 Å². The molecule has 1 unspecified atom stereocenters. The molecule has 0 aliphatic carbocycles. The molecule has 0 fully saturated rings. The number of aryl methyl sites for hydroxylation is 2. The largest absolute Gasteiger partial charge is 0.488 e. The summed E-state index contributed by atoms with van der Waals surface area (Å²) in [6, 6.07) is 14.8. The molecule has 33 heavy (non-hydrogen) atoms. The minimum Gasteiger partial charge on any atom is -0.488 e. The highest BCUT2D eigenvalue weighted by molar-refractivity contribution is 5.77. The number of hydrogen-bond donors (Lipinski definition) is 3. The number of aromatic amines is 2. The van der Waals surface area contributed by atoms with E-state index in [1.807, 2.05) is 30.3 Å². The van der Waals surface area contributed by atoms with Crippen LogP contribution in [0.4, 0.5) is 4.39 Å². The Morgan fingerprint density at radius 3 is 2.61 bits per heavy atom. The Hall–Kier alpha value is -4.21. The topological polar surface area (TPSA) is 122 Å². The summed E-state index contributed by atoms with van der Waals surface area (Å²) in [5.41, 5.74) is 0.0783. The van der Waals surface area contributed by atoms with Crippen molar-refractivity contribution in [1.82, 2.24) is 24.8 Å². The first-order valence-electron chi connectivity index (χ1n) is 10.3. The van der Waals surface area contributed by atoms with Crippen LogP contribution in [0.2, 0.25) is 0 Å². The molecule has 0 saturated carbocycles. The van der Waals surface area contributed by atoms with Crippen molar-refractivity contribution >= 4 is 17.1 Å². The van der Waals surface area contributed by atoms with Gasteiger partial charge in [-0.15, -0.1) is 0 Å². The van der Waals surface area contributed by atoms with E-state index in [1.165, 1.54) is 23.7 Å². The highest BCUT2D eigenvalue weighted by Crippen LogP contribution is 2.19. The van der Waals surface area contributed by atoms with Gasteiger partial charge >= 0.3 is 5.69 Å². The molecular formula is C23H22FN5O4.